The average Bonchev–Trinajstić information content (AvgIpc) is 3.23. The van der Waals surface area contributed by atoms with Gasteiger partial charge in [-0.15, -0.1) is 10.2 Å². The minimum atomic E-state index is -0.526. The Kier molecular flexibility index (Phi) is 4.65. The van der Waals surface area contributed by atoms with Crippen molar-refractivity contribution in [2.24, 2.45) is 0 Å². The summed E-state index contributed by atoms with van der Waals surface area (Å²) in [6, 6.07) is 9.99. The summed E-state index contributed by atoms with van der Waals surface area (Å²) in [5.74, 6) is 0.0519. The number of aryl methyl sites for hydroxylation is 1. The summed E-state index contributed by atoms with van der Waals surface area (Å²) in [5, 5.41) is 7.51. The smallest absolute Gasteiger partial charge is 0.249 e. The second-order valence-corrected chi connectivity index (χ2v) is 7.08. The third kappa shape index (κ3) is 3.10. The third-order valence-electron chi connectivity index (χ3n) is 5.74. The van der Waals surface area contributed by atoms with Crippen LogP contribution in [0.5, 0.6) is 0 Å². The zero-order chi connectivity index (χ0) is 18.9. The molecule has 2 amide bonds. The zero-order valence-electron chi connectivity index (χ0n) is 15.3. The van der Waals surface area contributed by atoms with Gasteiger partial charge in [-0.3, -0.25) is 9.59 Å². The van der Waals surface area contributed by atoms with Crippen LogP contribution in [0.25, 0.3) is 0 Å². The Morgan fingerprint density at radius 2 is 2.00 bits per heavy atom. The number of fused-ring (bicyclic) bond motifs is 1. The van der Waals surface area contributed by atoms with Crippen LogP contribution in [0.2, 0.25) is 0 Å². The fourth-order valence-corrected chi connectivity index (χ4v) is 4.17. The number of hydrogen-bond acceptors (Lipinski definition) is 5. The molecule has 27 heavy (non-hydrogen) atoms. The van der Waals surface area contributed by atoms with Crippen molar-refractivity contribution in [2.45, 2.75) is 31.0 Å². The molecular formula is C19H23N5O3. The van der Waals surface area contributed by atoms with Crippen molar-refractivity contribution in [1.82, 2.24) is 24.6 Å². The molecule has 2 aliphatic rings. The van der Waals surface area contributed by atoms with Crippen LogP contribution in [0.1, 0.15) is 18.4 Å². The normalized spacial score (nSPS) is 25.4. The number of ether oxygens (including phenoxy) is 1. The van der Waals surface area contributed by atoms with E-state index in [4.69, 9.17) is 4.74 Å². The number of piperidine rings is 1. The Labute approximate surface area is 157 Å². The molecule has 2 aromatic rings. The van der Waals surface area contributed by atoms with Crippen molar-refractivity contribution in [3.63, 3.8) is 0 Å². The highest BCUT2D eigenvalue weighted by atomic mass is 16.5. The SMILES string of the molecule is CN1C(=O)CO[C@@H]2CN(C(=O)CCn3cnnc3)CC[C@]21c1ccccc1. The van der Waals surface area contributed by atoms with E-state index in [1.807, 2.05) is 47.2 Å². The standard InChI is InChI=1S/C19H23N5O3/c1-22-18(26)12-27-16-11-24(17(25)7-9-23-13-20-21-14-23)10-8-19(16,22)15-5-3-2-4-6-15/h2-6,13-14,16H,7-12H2,1H3/t16-,19+/m1/s1. The van der Waals surface area contributed by atoms with Gasteiger partial charge >= 0.3 is 0 Å². The van der Waals surface area contributed by atoms with E-state index in [9.17, 15) is 9.59 Å². The van der Waals surface area contributed by atoms with Gasteiger partial charge in [0.25, 0.3) is 0 Å². The van der Waals surface area contributed by atoms with Gasteiger partial charge < -0.3 is 19.1 Å². The van der Waals surface area contributed by atoms with Crippen LogP contribution in [-0.4, -0.2) is 69.2 Å². The molecule has 2 saturated heterocycles. The van der Waals surface area contributed by atoms with Crippen LogP contribution in [0.3, 0.4) is 0 Å². The number of morpholine rings is 1. The Balaban J connectivity index is 1.52. The zero-order valence-corrected chi connectivity index (χ0v) is 15.3. The second-order valence-electron chi connectivity index (χ2n) is 7.08. The van der Waals surface area contributed by atoms with E-state index < -0.39 is 5.54 Å². The first-order chi connectivity index (χ1) is 13.1. The number of nitrogens with zero attached hydrogens (tertiary/aromatic N) is 5. The number of amides is 2. The van der Waals surface area contributed by atoms with Gasteiger partial charge in [0.15, 0.2) is 0 Å². The van der Waals surface area contributed by atoms with Crippen molar-refractivity contribution in [3.05, 3.63) is 48.5 Å². The van der Waals surface area contributed by atoms with Gasteiger partial charge in [-0.1, -0.05) is 30.3 Å². The first-order valence-electron chi connectivity index (χ1n) is 9.15. The lowest BCUT2D eigenvalue weighted by atomic mass is 9.76. The highest BCUT2D eigenvalue weighted by Crippen LogP contribution is 2.42. The fourth-order valence-electron chi connectivity index (χ4n) is 4.17. The van der Waals surface area contributed by atoms with Gasteiger partial charge in [-0.05, 0) is 12.0 Å². The molecule has 8 nitrogen and oxygen atoms in total. The Hall–Kier alpha value is -2.74. The Bertz CT molecular complexity index is 810. The average molecular weight is 369 g/mol. The van der Waals surface area contributed by atoms with Gasteiger partial charge in [0.2, 0.25) is 11.8 Å². The van der Waals surface area contributed by atoms with Crippen LogP contribution in [-0.2, 0) is 26.4 Å². The Morgan fingerprint density at radius 3 is 2.74 bits per heavy atom. The molecule has 0 bridgehead atoms. The number of benzene rings is 1. The quantitative estimate of drug-likeness (QED) is 0.791. The van der Waals surface area contributed by atoms with Crippen molar-refractivity contribution < 1.29 is 14.3 Å². The number of likely N-dealkylation sites (N-methyl/N-ethyl adjacent to an activating group) is 1. The number of rotatable bonds is 4. The van der Waals surface area contributed by atoms with Crippen LogP contribution in [0.15, 0.2) is 43.0 Å². The molecule has 8 heteroatoms. The van der Waals surface area contributed by atoms with Crippen molar-refractivity contribution in [2.75, 3.05) is 26.7 Å². The molecule has 2 aliphatic heterocycles. The minimum Gasteiger partial charge on any atom is -0.364 e. The van der Waals surface area contributed by atoms with Gasteiger partial charge in [0.1, 0.15) is 25.4 Å². The molecule has 0 saturated carbocycles. The molecular weight excluding hydrogens is 346 g/mol. The molecule has 0 radical (unpaired) electrons. The summed E-state index contributed by atoms with van der Waals surface area (Å²) < 4.78 is 7.73. The molecule has 1 aromatic carbocycles. The van der Waals surface area contributed by atoms with Gasteiger partial charge in [0.05, 0.1) is 5.54 Å². The van der Waals surface area contributed by atoms with Gasteiger partial charge in [0, 0.05) is 33.1 Å². The summed E-state index contributed by atoms with van der Waals surface area (Å²) in [7, 11) is 1.84. The first kappa shape index (κ1) is 17.7. The number of hydrogen-bond donors (Lipinski definition) is 0. The minimum absolute atomic E-state index is 0.0255. The topological polar surface area (TPSA) is 80.6 Å². The third-order valence-corrected chi connectivity index (χ3v) is 5.74. The molecule has 2 atom stereocenters. The Morgan fingerprint density at radius 1 is 1.26 bits per heavy atom. The van der Waals surface area contributed by atoms with Gasteiger partial charge in [-0.2, -0.15) is 0 Å². The maximum atomic E-state index is 12.7. The lowest BCUT2D eigenvalue weighted by Gasteiger charge is -2.54. The lowest BCUT2D eigenvalue weighted by molar-refractivity contribution is -0.184. The number of carbonyl (C=O) groups excluding carboxylic acids is 2. The summed E-state index contributed by atoms with van der Waals surface area (Å²) >= 11 is 0. The molecule has 2 fully saturated rings. The van der Waals surface area contributed by atoms with E-state index in [1.165, 1.54) is 0 Å². The molecule has 1 aromatic heterocycles. The summed E-state index contributed by atoms with van der Waals surface area (Å²) in [6.45, 7) is 1.68. The van der Waals surface area contributed by atoms with Crippen molar-refractivity contribution in [1.29, 1.82) is 0 Å². The maximum absolute atomic E-state index is 12.7. The maximum Gasteiger partial charge on any atom is 0.249 e. The highest BCUT2D eigenvalue weighted by molar-refractivity contribution is 5.80. The van der Waals surface area contributed by atoms with Crippen molar-refractivity contribution >= 4 is 11.8 Å². The molecule has 0 N–H and O–H groups in total. The van der Waals surface area contributed by atoms with E-state index in [1.54, 1.807) is 17.2 Å². The predicted octanol–water partition coefficient (Wildman–Crippen LogP) is 0.653. The summed E-state index contributed by atoms with van der Waals surface area (Å²) in [4.78, 5) is 28.7. The van der Waals surface area contributed by atoms with Crippen LogP contribution in [0.4, 0.5) is 0 Å². The van der Waals surface area contributed by atoms with E-state index in [0.717, 1.165) is 5.56 Å². The summed E-state index contributed by atoms with van der Waals surface area (Å²) in [5.41, 5.74) is 0.531. The van der Waals surface area contributed by atoms with Gasteiger partial charge in [-0.25, -0.2) is 0 Å². The van der Waals surface area contributed by atoms with E-state index in [2.05, 4.69) is 10.2 Å². The number of likely N-dealkylation sites (tertiary alicyclic amines) is 1. The van der Waals surface area contributed by atoms with Crippen LogP contribution in [0, 0.1) is 0 Å². The molecule has 4 rings (SSSR count). The van der Waals surface area contributed by atoms with E-state index >= 15 is 0 Å². The van der Waals surface area contributed by atoms with Crippen LogP contribution < -0.4 is 0 Å². The molecule has 0 spiro atoms. The fraction of sp³-hybridized carbons (Fsp3) is 0.474. The van der Waals surface area contributed by atoms with E-state index in [-0.39, 0.29) is 24.5 Å². The van der Waals surface area contributed by atoms with E-state index in [0.29, 0.717) is 32.5 Å². The highest BCUT2D eigenvalue weighted by Gasteiger charge is 2.53. The van der Waals surface area contributed by atoms with Crippen LogP contribution >= 0.6 is 0 Å². The molecule has 0 unspecified atom stereocenters. The number of carbonyl (C=O) groups is 2. The molecule has 0 aliphatic carbocycles. The lowest BCUT2D eigenvalue weighted by Crippen LogP contribution is -2.67. The number of aromatic nitrogens is 3. The van der Waals surface area contributed by atoms with Crippen molar-refractivity contribution in [3.8, 4) is 0 Å². The predicted molar refractivity (Wildman–Crippen MR) is 96.5 cm³/mol. The largest absolute Gasteiger partial charge is 0.364 e. The summed E-state index contributed by atoms with van der Waals surface area (Å²) in [6.07, 6.45) is 4.01. The first-order valence-corrected chi connectivity index (χ1v) is 9.15. The molecule has 142 valence electrons. The second kappa shape index (κ2) is 7.11. The molecule has 3 heterocycles. The monoisotopic (exact) mass is 369 g/mol.